The molecule has 3 nitrogen and oxygen atoms in total. The van der Waals surface area contributed by atoms with E-state index in [1.54, 1.807) is 4.52 Å². The van der Waals surface area contributed by atoms with Crippen molar-refractivity contribution in [3.05, 3.63) is 36.2 Å². The maximum absolute atomic E-state index is 7.38. The Labute approximate surface area is 83.0 Å². The predicted octanol–water partition coefficient (Wildman–Crippen LogP) is 2.09. The van der Waals surface area contributed by atoms with E-state index in [1.165, 1.54) is 0 Å². The second kappa shape index (κ2) is 2.85. The molecule has 2 aromatic rings. The second-order valence-electron chi connectivity index (χ2n) is 2.41. The summed E-state index contributed by atoms with van der Waals surface area (Å²) in [5.41, 5.74) is 1.75. The van der Waals surface area contributed by atoms with Gasteiger partial charge in [-0.25, -0.2) is 4.52 Å². The maximum Gasteiger partial charge on any atom is 0.120 e. The predicted molar refractivity (Wildman–Crippen MR) is 56.0 cm³/mol. The summed E-state index contributed by atoms with van der Waals surface area (Å²) in [7, 11) is 0. The molecular weight excluding hydrogens is 265 g/mol. The Morgan fingerprint density at radius 2 is 2.33 bits per heavy atom. The Hall–Kier alpha value is -0.910. The zero-order valence-electron chi connectivity index (χ0n) is 6.16. The van der Waals surface area contributed by atoms with Crippen LogP contribution in [-0.4, -0.2) is 13.3 Å². The van der Waals surface area contributed by atoms with E-state index in [4.69, 9.17) is 5.41 Å². The van der Waals surface area contributed by atoms with E-state index in [1.807, 2.05) is 53.1 Å². The first-order chi connectivity index (χ1) is 5.77. The lowest BCUT2D eigenvalue weighted by atomic mass is 10.4. The molecule has 12 heavy (non-hydrogen) atoms. The summed E-state index contributed by atoms with van der Waals surface area (Å²) in [6.07, 6.45) is 1.87. The molecule has 0 saturated carbocycles. The van der Waals surface area contributed by atoms with E-state index in [9.17, 15) is 0 Å². The molecule has 0 atom stereocenters. The first-order valence-electron chi connectivity index (χ1n) is 3.46. The minimum absolute atomic E-state index is 0.469. The van der Waals surface area contributed by atoms with Crippen molar-refractivity contribution < 1.29 is 0 Å². The van der Waals surface area contributed by atoms with E-state index >= 15 is 0 Å². The third kappa shape index (κ3) is 1.22. The van der Waals surface area contributed by atoms with Gasteiger partial charge in [0.2, 0.25) is 0 Å². The van der Waals surface area contributed by atoms with Crippen molar-refractivity contribution in [3.8, 4) is 0 Å². The zero-order valence-corrected chi connectivity index (χ0v) is 8.32. The number of halogens is 1. The number of rotatable bonds is 1. The summed E-state index contributed by atoms with van der Waals surface area (Å²) >= 11 is 1.95. The fourth-order valence-corrected chi connectivity index (χ4v) is 1.31. The minimum atomic E-state index is 0.469. The summed E-state index contributed by atoms with van der Waals surface area (Å²) < 4.78 is 2.24. The van der Waals surface area contributed by atoms with Crippen LogP contribution in [0.15, 0.2) is 30.5 Å². The van der Waals surface area contributed by atoms with Gasteiger partial charge in [-0.15, -0.1) is 0 Å². The highest BCUT2D eigenvalue weighted by molar-refractivity contribution is 14.1. The van der Waals surface area contributed by atoms with Crippen LogP contribution in [-0.2, 0) is 0 Å². The fourth-order valence-electron chi connectivity index (χ4n) is 1.05. The van der Waals surface area contributed by atoms with Crippen LogP contribution in [0.3, 0.4) is 0 Å². The van der Waals surface area contributed by atoms with Crippen LogP contribution in [0.5, 0.6) is 0 Å². The van der Waals surface area contributed by atoms with Crippen LogP contribution < -0.4 is 0 Å². The van der Waals surface area contributed by atoms with Crippen molar-refractivity contribution in [2.24, 2.45) is 0 Å². The highest BCUT2D eigenvalue weighted by atomic mass is 127. The van der Waals surface area contributed by atoms with E-state index in [2.05, 4.69) is 5.10 Å². The summed E-state index contributed by atoms with van der Waals surface area (Å²) in [5.74, 6) is 0. The highest BCUT2D eigenvalue weighted by Crippen LogP contribution is 2.08. The third-order valence-electron chi connectivity index (χ3n) is 1.59. The van der Waals surface area contributed by atoms with Gasteiger partial charge in [0.15, 0.2) is 0 Å². The van der Waals surface area contributed by atoms with Crippen molar-refractivity contribution in [3.63, 3.8) is 0 Å². The van der Waals surface area contributed by atoms with Crippen LogP contribution in [0, 0.1) is 5.41 Å². The summed E-state index contributed by atoms with van der Waals surface area (Å²) in [6.45, 7) is 0. The fraction of sp³-hybridized carbons (Fsp3) is 0. The van der Waals surface area contributed by atoms with E-state index in [0.29, 0.717) is 3.72 Å². The normalized spacial score (nSPS) is 10.4. The summed E-state index contributed by atoms with van der Waals surface area (Å²) in [4.78, 5) is 0. The number of aromatic nitrogens is 2. The standard InChI is InChI=1S/C8H6IN3/c9-8(10)7-5-6-3-1-2-4-12(6)11-7/h1-5,10H. The van der Waals surface area contributed by atoms with E-state index in [-0.39, 0.29) is 0 Å². The van der Waals surface area contributed by atoms with Crippen molar-refractivity contribution in [2.75, 3.05) is 0 Å². The molecule has 0 fully saturated rings. The number of fused-ring (bicyclic) bond motifs is 1. The Bertz CT molecular complexity index is 400. The Balaban J connectivity index is 2.70. The van der Waals surface area contributed by atoms with Gasteiger partial charge in [0, 0.05) is 6.20 Å². The average molecular weight is 271 g/mol. The first kappa shape index (κ1) is 7.72. The molecule has 0 aliphatic rings. The van der Waals surface area contributed by atoms with Crippen LogP contribution in [0.4, 0.5) is 0 Å². The molecule has 0 bridgehead atoms. The first-order valence-corrected chi connectivity index (χ1v) is 4.54. The molecule has 0 aliphatic heterocycles. The summed E-state index contributed by atoms with van der Waals surface area (Å²) in [6, 6.07) is 7.74. The monoisotopic (exact) mass is 271 g/mol. The zero-order chi connectivity index (χ0) is 8.55. The van der Waals surface area contributed by atoms with Gasteiger partial charge in [0.05, 0.1) is 5.52 Å². The number of nitrogens with zero attached hydrogens (tertiary/aromatic N) is 2. The molecule has 0 spiro atoms. The average Bonchev–Trinajstić information content (AvgIpc) is 2.46. The lowest BCUT2D eigenvalue weighted by molar-refractivity contribution is 0.955. The Morgan fingerprint density at radius 1 is 1.50 bits per heavy atom. The SMILES string of the molecule is N=C(I)c1cc2ccccn2n1. The molecule has 1 N–H and O–H groups in total. The lowest BCUT2D eigenvalue weighted by Gasteiger charge is -1.87. The highest BCUT2D eigenvalue weighted by Gasteiger charge is 2.02. The van der Waals surface area contributed by atoms with Gasteiger partial charge in [0.1, 0.15) is 9.41 Å². The number of nitrogens with one attached hydrogen (secondary N) is 1. The molecule has 4 heteroatoms. The van der Waals surface area contributed by atoms with Gasteiger partial charge in [-0.3, -0.25) is 5.41 Å². The molecule has 0 aliphatic carbocycles. The number of hydrogen-bond acceptors (Lipinski definition) is 2. The van der Waals surface area contributed by atoms with Crippen LogP contribution in [0.25, 0.3) is 5.52 Å². The van der Waals surface area contributed by atoms with Gasteiger partial charge in [-0.05, 0) is 40.8 Å². The topological polar surface area (TPSA) is 41.2 Å². The molecule has 0 saturated heterocycles. The Morgan fingerprint density at radius 3 is 3.00 bits per heavy atom. The smallest absolute Gasteiger partial charge is 0.120 e. The summed E-state index contributed by atoms with van der Waals surface area (Å²) in [5, 5.41) is 11.6. The van der Waals surface area contributed by atoms with Crippen LogP contribution in [0.2, 0.25) is 0 Å². The number of pyridine rings is 1. The van der Waals surface area contributed by atoms with Gasteiger partial charge < -0.3 is 0 Å². The lowest BCUT2D eigenvalue weighted by Crippen LogP contribution is -1.90. The molecule has 0 aromatic carbocycles. The minimum Gasteiger partial charge on any atom is -0.292 e. The van der Waals surface area contributed by atoms with E-state index in [0.717, 1.165) is 11.2 Å². The molecular formula is C8H6IN3. The molecule has 2 heterocycles. The van der Waals surface area contributed by atoms with Gasteiger partial charge >= 0.3 is 0 Å². The van der Waals surface area contributed by atoms with Gasteiger partial charge in [-0.1, -0.05) is 6.07 Å². The third-order valence-corrected chi connectivity index (χ3v) is 2.15. The molecule has 0 unspecified atom stereocenters. The van der Waals surface area contributed by atoms with Gasteiger partial charge in [-0.2, -0.15) is 5.10 Å². The molecule has 2 aromatic heterocycles. The van der Waals surface area contributed by atoms with Crippen LogP contribution >= 0.6 is 22.6 Å². The molecule has 0 radical (unpaired) electrons. The van der Waals surface area contributed by atoms with Crippen molar-refractivity contribution in [1.82, 2.24) is 9.61 Å². The Kier molecular flexibility index (Phi) is 1.84. The molecule has 2 rings (SSSR count). The van der Waals surface area contributed by atoms with Gasteiger partial charge in [0.25, 0.3) is 0 Å². The maximum atomic E-state index is 7.38. The second-order valence-corrected chi connectivity index (χ2v) is 3.49. The quantitative estimate of drug-likeness (QED) is 0.626. The van der Waals surface area contributed by atoms with Crippen LogP contribution in [0.1, 0.15) is 5.69 Å². The molecule has 60 valence electrons. The largest absolute Gasteiger partial charge is 0.292 e. The van der Waals surface area contributed by atoms with Crippen molar-refractivity contribution >= 4 is 31.8 Å². The van der Waals surface area contributed by atoms with E-state index < -0.39 is 0 Å². The molecule has 0 amide bonds. The van der Waals surface area contributed by atoms with Crippen molar-refractivity contribution in [1.29, 1.82) is 5.41 Å². The number of hydrogen-bond donors (Lipinski definition) is 1. The van der Waals surface area contributed by atoms with Crippen molar-refractivity contribution in [2.45, 2.75) is 0 Å².